The Kier molecular flexibility index (Phi) is 6.02. The van der Waals surface area contributed by atoms with Crippen LogP contribution in [-0.4, -0.2) is 32.7 Å². The Balaban J connectivity index is 2.37. The van der Waals surface area contributed by atoms with Crippen molar-refractivity contribution in [3.05, 3.63) is 63.7 Å². The number of nitro benzene ring substituents is 1. The summed E-state index contributed by atoms with van der Waals surface area (Å²) in [5.74, 6) is 0. The van der Waals surface area contributed by atoms with Crippen molar-refractivity contribution in [2.24, 2.45) is 0 Å². The van der Waals surface area contributed by atoms with Crippen molar-refractivity contribution in [1.29, 1.82) is 0 Å². The zero-order valence-electron chi connectivity index (χ0n) is 15.5. The molecule has 26 heavy (non-hydrogen) atoms. The number of hydrogen-bond donors (Lipinski definition) is 0. The van der Waals surface area contributed by atoms with Gasteiger partial charge in [0.2, 0.25) is 0 Å². The second-order valence-corrected chi connectivity index (χ2v) is 8.56. The van der Waals surface area contributed by atoms with Gasteiger partial charge in [-0.1, -0.05) is 36.8 Å². The van der Waals surface area contributed by atoms with Crippen LogP contribution in [0.3, 0.4) is 0 Å². The predicted octanol–water partition coefficient (Wildman–Crippen LogP) is 3.76. The van der Waals surface area contributed by atoms with Crippen molar-refractivity contribution >= 4 is 21.2 Å². The van der Waals surface area contributed by atoms with E-state index in [4.69, 9.17) is 0 Å². The second-order valence-electron chi connectivity index (χ2n) is 6.54. The van der Waals surface area contributed by atoms with Gasteiger partial charge in [0.15, 0.2) is 9.84 Å². The quantitative estimate of drug-likeness (QED) is 0.543. The van der Waals surface area contributed by atoms with Gasteiger partial charge in [-0.05, 0) is 37.5 Å². The summed E-state index contributed by atoms with van der Waals surface area (Å²) < 4.78 is 23.4. The van der Waals surface area contributed by atoms with Crippen LogP contribution in [0, 0.1) is 17.0 Å². The molecule has 2 rings (SSSR count). The minimum atomic E-state index is -3.50. The number of likely N-dealkylation sites (N-methyl/N-ethyl adjacent to an activating group) is 1. The standard InChI is InChI=1S/C19H24N2O4S/c1-5-16(12-15-8-6-14(2)7-9-15)20(3)18-11-10-17(26(4,24)25)13-19(18)21(22)23/h6-11,13,16H,5,12H2,1-4H3/t16-/m1/s1. The SMILES string of the molecule is CC[C@H](Cc1ccc(C)cc1)N(C)c1ccc(S(C)(=O)=O)cc1[N+](=O)[O-]. The molecule has 0 aliphatic rings. The number of aryl methyl sites for hydroxylation is 1. The lowest BCUT2D eigenvalue weighted by Gasteiger charge is -2.29. The molecule has 0 unspecified atom stereocenters. The molecule has 0 fully saturated rings. The number of rotatable bonds is 7. The van der Waals surface area contributed by atoms with Crippen LogP contribution in [0.15, 0.2) is 47.4 Å². The molecule has 0 aliphatic carbocycles. The summed E-state index contributed by atoms with van der Waals surface area (Å²) >= 11 is 0. The second kappa shape index (κ2) is 7.86. The van der Waals surface area contributed by atoms with Gasteiger partial charge in [-0.15, -0.1) is 0 Å². The Bertz CT molecular complexity index is 892. The lowest BCUT2D eigenvalue weighted by atomic mass is 10.0. The molecule has 0 saturated carbocycles. The highest BCUT2D eigenvalue weighted by molar-refractivity contribution is 7.90. The molecule has 140 valence electrons. The number of anilines is 1. The molecule has 6 nitrogen and oxygen atoms in total. The van der Waals surface area contributed by atoms with Crippen LogP contribution in [0.5, 0.6) is 0 Å². The number of nitrogens with zero attached hydrogens (tertiary/aromatic N) is 2. The van der Waals surface area contributed by atoms with Crippen molar-refractivity contribution in [2.75, 3.05) is 18.2 Å². The van der Waals surface area contributed by atoms with E-state index in [0.29, 0.717) is 5.69 Å². The number of benzene rings is 2. The van der Waals surface area contributed by atoms with Crippen LogP contribution in [0.4, 0.5) is 11.4 Å². The summed E-state index contributed by atoms with van der Waals surface area (Å²) in [6.45, 7) is 4.06. The van der Waals surface area contributed by atoms with Gasteiger partial charge < -0.3 is 4.90 Å². The fourth-order valence-electron chi connectivity index (χ4n) is 2.93. The van der Waals surface area contributed by atoms with Gasteiger partial charge in [0.1, 0.15) is 5.69 Å². The lowest BCUT2D eigenvalue weighted by Crippen LogP contribution is -2.33. The average Bonchev–Trinajstić information content (AvgIpc) is 2.59. The first-order chi connectivity index (χ1) is 12.1. The van der Waals surface area contributed by atoms with E-state index < -0.39 is 14.8 Å². The number of hydrogen-bond acceptors (Lipinski definition) is 5. The summed E-state index contributed by atoms with van der Waals surface area (Å²) in [5, 5.41) is 11.5. The Morgan fingerprint density at radius 1 is 1.15 bits per heavy atom. The fourth-order valence-corrected chi connectivity index (χ4v) is 3.57. The van der Waals surface area contributed by atoms with E-state index in [1.165, 1.54) is 17.7 Å². The molecule has 2 aromatic rings. The van der Waals surface area contributed by atoms with Crippen molar-refractivity contribution in [3.63, 3.8) is 0 Å². The van der Waals surface area contributed by atoms with Crippen LogP contribution < -0.4 is 4.90 Å². The minimum absolute atomic E-state index is 0.0482. The third-order valence-electron chi connectivity index (χ3n) is 4.56. The summed E-state index contributed by atoms with van der Waals surface area (Å²) in [6, 6.07) is 12.4. The van der Waals surface area contributed by atoms with Gasteiger partial charge in [0.05, 0.1) is 9.82 Å². The maximum atomic E-state index is 11.7. The van der Waals surface area contributed by atoms with Crippen LogP contribution in [0.1, 0.15) is 24.5 Å². The monoisotopic (exact) mass is 376 g/mol. The third-order valence-corrected chi connectivity index (χ3v) is 5.67. The van der Waals surface area contributed by atoms with E-state index in [2.05, 4.69) is 12.1 Å². The highest BCUT2D eigenvalue weighted by atomic mass is 32.2. The van der Waals surface area contributed by atoms with Gasteiger partial charge in [0.25, 0.3) is 5.69 Å². The molecular weight excluding hydrogens is 352 g/mol. The highest BCUT2D eigenvalue weighted by Gasteiger charge is 2.24. The largest absolute Gasteiger partial charge is 0.366 e. The molecule has 0 spiro atoms. The van der Waals surface area contributed by atoms with E-state index in [9.17, 15) is 18.5 Å². The summed E-state index contributed by atoms with van der Waals surface area (Å²) in [5.41, 5.74) is 2.56. The lowest BCUT2D eigenvalue weighted by molar-refractivity contribution is -0.384. The maximum absolute atomic E-state index is 11.7. The van der Waals surface area contributed by atoms with Gasteiger partial charge in [-0.3, -0.25) is 10.1 Å². The predicted molar refractivity (Wildman–Crippen MR) is 104 cm³/mol. The van der Waals surface area contributed by atoms with E-state index >= 15 is 0 Å². The smallest absolute Gasteiger partial charge is 0.293 e. The molecule has 0 aromatic heterocycles. The van der Waals surface area contributed by atoms with E-state index in [0.717, 1.165) is 30.7 Å². The zero-order chi connectivity index (χ0) is 19.5. The Hall–Kier alpha value is -2.41. The van der Waals surface area contributed by atoms with Crippen molar-refractivity contribution < 1.29 is 13.3 Å². The topological polar surface area (TPSA) is 80.5 Å². The van der Waals surface area contributed by atoms with Gasteiger partial charge in [-0.2, -0.15) is 0 Å². The molecule has 0 amide bonds. The molecule has 2 aromatic carbocycles. The molecule has 0 N–H and O–H groups in total. The maximum Gasteiger partial charge on any atom is 0.293 e. The zero-order valence-corrected chi connectivity index (χ0v) is 16.3. The van der Waals surface area contributed by atoms with Crippen LogP contribution in [-0.2, 0) is 16.3 Å². The Morgan fingerprint density at radius 2 is 1.77 bits per heavy atom. The van der Waals surface area contributed by atoms with Crippen LogP contribution in [0.25, 0.3) is 0 Å². The summed E-state index contributed by atoms with van der Waals surface area (Å²) in [4.78, 5) is 12.8. The van der Waals surface area contributed by atoms with Gasteiger partial charge in [0, 0.05) is 25.4 Å². The summed E-state index contributed by atoms with van der Waals surface area (Å²) in [7, 11) is -1.69. The summed E-state index contributed by atoms with van der Waals surface area (Å²) in [6.07, 6.45) is 2.59. The molecule has 0 bridgehead atoms. The molecule has 1 atom stereocenters. The fraction of sp³-hybridized carbons (Fsp3) is 0.368. The Labute approximate surface area is 154 Å². The van der Waals surface area contributed by atoms with E-state index in [1.807, 2.05) is 37.9 Å². The molecule has 0 saturated heterocycles. The number of sulfone groups is 1. The number of nitro groups is 1. The van der Waals surface area contributed by atoms with Crippen molar-refractivity contribution in [1.82, 2.24) is 0 Å². The Morgan fingerprint density at radius 3 is 2.27 bits per heavy atom. The molecule has 0 heterocycles. The molecular formula is C19H24N2O4S. The third kappa shape index (κ3) is 4.60. The van der Waals surface area contributed by atoms with Crippen LogP contribution >= 0.6 is 0 Å². The van der Waals surface area contributed by atoms with E-state index in [-0.39, 0.29) is 16.6 Å². The first-order valence-corrected chi connectivity index (χ1v) is 10.3. The van der Waals surface area contributed by atoms with Gasteiger partial charge >= 0.3 is 0 Å². The van der Waals surface area contributed by atoms with Crippen molar-refractivity contribution in [3.8, 4) is 0 Å². The van der Waals surface area contributed by atoms with E-state index in [1.54, 1.807) is 0 Å². The van der Waals surface area contributed by atoms with Crippen LogP contribution in [0.2, 0.25) is 0 Å². The first-order valence-electron chi connectivity index (χ1n) is 8.40. The first kappa shape index (κ1) is 19.9. The molecule has 0 radical (unpaired) electrons. The average molecular weight is 376 g/mol. The normalized spacial score (nSPS) is 12.6. The molecule has 7 heteroatoms. The highest BCUT2D eigenvalue weighted by Crippen LogP contribution is 2.32. The molecule has 0 aliphatic heterocycles. The van der Waals surface area contributed by atoms with Crippen molar-refractivity contribution in [2.45, 2.75) is 37.6 Å². The minimum Gasteiger partial charge on any atom is -0.366 e. The van der Waals surface area contributed by atoms with Gasteiger partial charge in [-0.25, -0.2) is 8.42 Å².